The summed E-state index contributed by atoms with van der Waals surface area (Å²) in [4.78, 5) is 11.3. The molecule has 0 aromatic rings. The molecule has 0 aromatic heterocycles. The molecular formula is C10H22N2O2. The second-order valence-electron chi connectivity index (χ2n) is 3.76. The first-order valence-electron chi connectivity index (χ1n) is 5.17. The summed E-state index contributed by atoms with van der Waals surface area (Å²) in [7, 11) is 0. The Labute approximate surface area is 86.2 Å². The third kappa shape index (κ3) is 8.01. The normalized spacial score (nSPS) is 12.9. The quantitative estimate of drug-likeness (QED) is 0.637. The zero-order valence-electron chi connectivity index (χ0n) is 9.38. The van der Waals surface area contributed by atoms with Gasteiger partial charge in [0.15, 0.2) is 0 Å². The van der Waals surface area contributed by atoms with Crippen LogP contribution in [-0.2, 0) is 9.53 Å². The molecule has 0 spiro atoms. The van der Waals surface area contributed by atoms with Crippen LogP contribution in [-0.4, -0.2) is 31.2 Å². The van der Waals surface area contributed by atoms with E-state index >= 15 is 0 Å². The van der Waals surface area contributed by atoms with Gasteiger partial charge >= 0.3 is 0 Å². The number of ether oxygens (including phenoxy) is 1. The standard InChI is InChI=1S/C10H22N2O2/c1-8(2)14-7-10(13)12-9(3)5-4-6-11/h8-9H,4-7,11H2,1-3H3,(H,12,13). The molecule has 4 nitrogen and oxygen atoms in total. The molecule has 1 amide bonds. The maximum atomic E-state index is 11.3. The van der Waals surface area contributed by atoms with Crippen LogP contribution in [0.1, 0.15) is 33.6 Å². The predicted octanol–water partition coefficient (Wildman–Crippen LogP) is 0.655. The van der Waals surface area contributed by atoms with Crippen molar-refractivity contribution in [2.24, 2.45) is 5.73 Å². The highest BCUT2D eigenvalue weighted by molar-refractivity contribution is 5.77. The number of hydrogen-bond donors (Lipinski definition) is 2. The van der Waals surface area contributed by atoms with Crippen LogP contribution in [0.4, 0.5) is 0 Å². The Kier molecular flexibility index (Phi) is 7.42. The van der Waals surface area contributed by atoms with Gasteiger partial charge in [-0.15, -0.1) is 0 Å². The highest BCUT2D eigenvalue weighted by Crippen LogP contribution is 1.94. The largest absolute Gasteiger partial charge is 0.369 e. The van der Waals surface area contributed by atoms with Crippen LogP contribution in [0.15, 0.2) is 0 Å². The Morgan fingerprint density at radius 1 is 1.43 bits per heavy atom. The van der Waals surface area contributed by atoms with E-state index in [1.807, 2.05) is 20.8 Å². The maximum absolute atomic E-state index is 11.3. The molecule has 0 saturated heterocycles. The zero-order valence-corrected chi connectivity index (χ0v) is 9.38. The minimum atomic E-state index is -0.0526. The Balaban J connectivity index is 3.50. The van der Waals surface area contributed by atoms with Crippen molar-refractivity contribution in [3.8, 4) is 0 Å². The van der Waals surface area contributed by atoms with Crippen LogP contribution in [0.5, 0.6) is 0 Å². The lowest BCUT2D eigenvalue weighted by Gasteiger charge is -2.14. The first-order valence-corrected chi connectivity index (χ1v) is 5.17. The van der Waals surface area contributed by atoms with Gasteiger partial charge in [-0.1, -0.05) is 0 Å². The van der Waals surface area contributed by atoms with Crippen LogP contribution >= 0.6 is 0 Å². The molecule has 0 aromatic carbocycles. The summed E-state index contributed by atoms with van der Waals surface area (Å²) in [6, 6.07) is 0.182. The molecule has 0 aliphatic carbocycles. The van der Waals surface area contributed by atoms with Gasteiger partial charge in [0.25, 0.3) is 0 Å². The van der Waals surface area contributed by atoms with Crippen molar-refractivity contribution in [3.63, 3.8) is 0 Å². The lowest BCUT2D eigenvalue weighted by Crippen LogP contribution is -2.36. The number of carbonyl (C=O) groups is 1. The summed E-state index contributed by atoms with van der Waals surface area (Å²) in [5.41, 5.74) is 5.37. The topological polar surface area (TPSA) is 64.3 Å². The van der Waals surface area contributed by atoms with Crippen molar-refractivity contribution < 1.29 is 9.53 Å². The summed E-state index contributed by atoms with van der Waals surface area (Å²) >= 11 is 0. The molecule has 0 heterocycles. The van der Waals surface area contributed by atoms with Crippen LogP contribution in [0.3, 0.4) is 0 Å². The van der Waals surface area contributed by atoms with Gasteiger partial charge in [0.1, 0.15) is 6.61 Å². The van der Waals surface area contributed by atoms with Crippen LogP contribution < -0.4 is 11.1 Å². The average molecular weight is 202 g/mol. The van der Waals surface area contributed by atoms with Gasteiger partial charge in [-0.3, -0.25) is 4.79 Å². The first-order chi connectivity index (χ1) is 6.56. The fourth-order valence-electron chi connectivity index (χ4n) is 1.06. The smallest absolute Gasteiger partial charge is 0.246 e. The van der Waals surface area contributed by atoms with E-state index in [4.69, 9.17) is 10.5 Å². The van der Waals surface area contributed by atoms with Gasteiger partial charge < -0.3 is 15.8 Å². The van der Waals surface area contributed by atoms with E-state index in [0.717, 1.165) is 12.8 Å². The lowest BCUT2D eigenvalue weighted by molar-refractivity contribution is -0.127. The molecule has 3 N–H and O–H groups in total. The molecule has 84 valence electrons. The van der Waals surface area contributed by atoms with Crippen molar-refractivity contribution in [2.45, 2.75) is 45.8 Å². The second kappa shape index (κ2) is 7.76. The molecule has 0 aliphatic rings. The summed E-state index contributed by atoms with van der Waals surface area (Å²) < 4.78 is 5.17. The molecule has 4 heteroatoms. The monoisotopic (exact) mass is 202 g/mol. The summed E-state index contributed by atoms with van der Waals surface area (Å²) in [6.07, 6.45) is 1.95. The van der Waals surface area contributed by atoms with Crippen LogP contribution in [0.25, 0.3) is 0 Å². The van der Waals surface area contributed by atoms with Gasteiger partial charge in [-0.2, -0.15) is 0 Å². The van der Waals surface area contributed by atoms with Gasteiger partial charge in [-0.25, -0.2) is 0 Å². The number of rotatable bonds is 7. The third-order valence-corrected chi connectivity index (χ3v) is 1.80. The van der Waals surface area contributed by atoms with Gasteiger partial charge in [0.05, 0.1) is 6.10 Å². The number of nitrogens with two attached hydrogens (primary N) is 1. The van der Waals surface area contributed by atoms with Crippen LogP contribution in [0, 0.1) is 0 Å². The number of hydrogen-bond acceptors (Lipinski definition) is 3. The average Bonchev–Trinajstić information content (AvgIpc) is 2.11. The number of nitrogens with one attached hydrogen (secondary N) is 1. The van der Waals surface area contributed by atoms with Gasteiger partial charge in [0.2, 0.25) is 5.91 Å². The van der Waals surface area contributed by atoms with E-state index in [2.05, 4.69) is 5.32 Å². The van der Waals surface area contributed by atoms with E-state index in [0.29, 0.717) is 6.54 Å². The predicted molar refractivity (Wildman–Crippen MR) is 57.0 cm³/mol. The van der Waals surface area contributed by atoms with Gasteiger partial charge in [-0.05, 0) is 40.2 Å². The fourth-order valence-corrected chi connectivity index (χ4v) is 1.06. The SMILES string of the molecule is CC(CCCN)NC(=O)COC(C)C. The Hall–Kier alpha value is -0.610. The molecule has 0 aliphatic heterocycles. The number of amides is 1. The fraction of sp³-hybridized carbons (Fsp3) is 0.900. The van der Waals surface area contributed by atoms with E-state index in [1.165, 1.54) is 0 Å². The lowest BCUT2D eigenvalue weighted by atomic mass is 10.2. The summed E-state index contributed by atoms with van der Waals surface area (Å²) in [5, 5.41) is 2.85. The Morgan fingerprint density at radius 3 is 2.57 bits per heavy atom. The van der Waals surface area contributed by atoms with E-state index < -0.39 is 0 Å². The van der Waals surface area contributed by atoms with Crippen molar-refractivity contribution >= 4 is 5.91 Å². The maximum Gasteiger partial charge on any atom is 0.246 e. The highest BCUT2D eigenvalue weighted by atomic mass is 16.5. The van der Waals surface area contributed by atoms with Crippen molar-refractivity contribution in [2.75, 3.05) is 13.2 Å². The summed E-state index contributed by atoms with van der Waals surface area (Å²) in [6.45, 7) is 6.60. The van der Waals surface area contributed by atoms with Crippen LogP contribution in [0.2, 0.25) is 0 Å². The molecule has 1 unspecified atom stereocenters. The minimum Gasteiger partial charge on any atom is -0.369 e. The molecule has 14 heavy (non-hydrogen) atoms. The second-order valence-corrected chi connectivity index (χ2v) is 3.76. The molecule has 0 radical (unpaired) electrons. The van der Waals surface area contributed by atoms with E-state index in [9.17, 15) is 4.79 Å². The molecular weight excluding hydrogens is 180 g/mol. The molecule has 0 fully saturated rings. The number of carbonyl (C=O) groups excluding carboxylic acids is 1. The first kappa shape index (κ1) is 13.4. The highest BCUT2D eigenvalue weighted by Gasteiger charge is 2.07. The minimum absolute atomic E-state index is 0.0526. The molecule has 0 bridgehead atoms. The Bertz CT molecular complexity index is 160. The molecule has 0 rings (SSSR count). The van der Waals surface area contributed by atoms with Crippen molar-refractivity contribution in [1.29, 1.82) is 0 Å². The van der Waals surface area contributed by atoms with Gasteiger partial charge in [0, 0.05) is 6.04 Å². The summed E-state index contributed by atoms with van der Waals surface area (Å²) in [5.74, 6) is -0.0526. The zero-order chi connectivity index (χ0) is 11.0. The molecule has 0 saturated carbocycles. The Morgan fingerprint density at radius 2 is 2.07 bits per heavy atom. The van der Waals surface area contributed by atoms with E-state index in [1.54, 1.807) is 0 Å². The van der Waals surface area contributed by atoms with Crippen molar-refractivity contribution in [3.05, 3.63) is 0 Å². The van der Waals surface area contributed by atoms with Crippen molar-refractivity contribution in [1.82, 2.24) is 5.32 Å². The van der Waals surface area contributed by atoms with E-state index in [-0.39, 0.29) is 24.7 Å². The molecule has 1 atom stereocenters. The third-order valence-electron chi connectivity index (χ3n) is 1.80.